The Morgan fingerprint density at radius 1 is 0.900 bits per heavy atom. The average Bonchev–Trinajstić information content (AvgIpc) is 2.98. The van der Waals surface area contributed by atoms with Crippen LogP contribution in [0.5, 0.6) is 17.2 Å². The third-order valence-corrected chi connectivity index (χ3v) is 8.01. The lowest BCUT2D eigenvalue weighted by Crippen LogP contribution is -2.42. The molecule has 0 fully saturated rings. The first-order valence-corrected chi connectivity index (χ1v) is 14.1. The molecule has 0 aromatic heterocycles. The molecule has 5 rings (SSSR count). The average molecular weight is 553 g/mol. The number of hydrogen-bond acceptors (Lipinski definition) is 4. The summed E-state index contributed by atoms with van der Waals surface area (Å²) in [5, 5.41) is 17.8. The van der Waals surface area contributed by atoms with Crippen molar-refractivity contribution >= 4 is 23.0 Å². The smallest absolute Gasteiger partial charge is 0.171 e. The predicted octanol–water partition coefficient (Wildman–Crippen LogP) is 7.56. The maximum atomic E-state index is 10.5. The van der Waals surface area contributed by atoms with Gasteiger partial charge < -0.3 is 25.2 Å². The number of ether oxygens (including phenoxy) is 2. The summed E-state index contributed by atoms with van der Waals surface area (Å²) in [6, 6.07) is 28.3. The van der Waals surface area contributed by atoms with Gasteiger partial charge in [0, 0.05) is 11.3 Å². The molecule has 3 N–H and O–H groups in total. The van der Waals surface area contributed by atoms with Gasteiger partial charge in [-0.3, -0.25) is 0 Å². The van der Waals surface area contributed by atoms with E-state index in [9.17, 15) is 5.11 Å². The second kappa shape index (κ2) is 11.6. The van der Waals surface area contributed by atoms with Crippen molar-refractivity contribution in [2.24, 2.45) is 0 Å². The van der Waals surface area contributed by atoms with Gasteiger partial charge in [0.25, 0.3) is 0 Å². The first-order chi connectivity index (χ1) is 19.2. The number of rotatable bonds is 7. The zero-order chi connectivity index (χ0) is 28.3. The molecule has 206 valence electrons. The van der Waals surface area contributed by atoms with E-state index in [1.807, 2.05) is 81.4 Å². The van der Waals surface area contributed by atoms with Crippen LogP contribution in [0.1, 0.15) is 52.8 Å². The van der Waals surface area contributed by atoms with Crippen molar-refractivity contribution < 1.29 is 14.6 Å². The van der Waals surface area contributed by atoms with Crippen molar-refractivity contribution in [3.63, 3.8) is 0 Å². The van der Waals surface area contributed by atoms with E-state index < -0.39 is 5.60 Å². The number of thiocarbonyl (C=S) groups is 1. The lowest BCUT2D eigenvalue weighted by molar-refractivity contribution is 0.0166. The zero-order valence-corrected chi connectivity index (χ0v) is 24.3. The van der Waals surface area contributed by atoms with E-state index >= 15 is 0 Å². The van der Waals surface area contributed by atoms with E-state index in [1.165, 1.54) is 0 Å². The summed E-state index contributed by atoms with van der Waals surface area (Å²) >= 11 is 5.68. The topological polar surface area (TPSA) is 62.8 Å². The van der Waals surface area contributed by atoms with Gasteiger partial charge in [0.15, 0.2) is 5.11 Å². The van der Waals surface area contributed by atoms with E-state index in [4.69, 9.17) is 21.7 Å². The Bertz CT molecular complexity index is 1450. The molecule has 1 aliphatic rings. The van der Waals surface area contributed by atoms with Gasteiger partial charge in [0.1, 0.15) is 29.5 Å². The lowest BCUT2D eigenvalue weighted by Gasteiger charge is -2.37. The first-order valence-electron chi connectivity index (χ1n) is 13.6. The standard InChI is InChI=1S/C34H36N2O3S/c1-22-23(2)32-29(24(3)31(22)37)19-20-34(4,39-32)21-38-28-17-15-27(16-18-28)35-33(40)36-30(25-11-7-5-8-12-25)26-13-9-6-10-14-26/h5-18,30,37H,19-21H2,1-4H3,(H2,35,36,40). The molecule has 1 atom stereocenters. The molecule has 0 amide bonds. The molecule has 0 radical (unpaired) electrons. The molecule has 1 heterocycles. The van der Waals surface area contributed by atoms with Crippen LogP contribution in [0.4, 0.5) is 5.69 Å². The number of fused-ring (bicyclic) bond motifs is 1. The molecule has 6 heteroatoms. The molecule has 5 nitrogen and oxygen atoms in total. The molecule has 4 aromatic rings. The molecule has 0 bridgehead atoms. The van der Waals surface area contributed by atoms with Crippen molar-refractivity contribution in [1.82, 2.24) is 5.32 Å². The Hall–Kier alpha value is -4.03. The fraction of sp³-hybridized carbons (Fsp3) is 0.265. The number of phenols is 1. The van der Waals surface area contributed by atoms with Crippen LogP contribution < -0.4 is 20.1 Å². The summed E-state index contributed by atoms with van der Waals surface area (Å²) in [6.45, 7) is 8.41. The fourth-order valence-electron chi connectivity index (χ4n) is 5.22. The fourth-order valence-corrected chi connectivity index (χ4v) is 5.45. The van der Waals surface area contributed by atoms with Gasteiger partial charge in [-0.05, 0) is 105 Å². The Balaban J connectivity index is 1.21. The van der Waals surface area contributed by atoms with E-state index in [0.717, 1.165) is 63.4 Å². The van der Waals surface area contributed by atoms with E-state index in [-0.39, 0.29) is 6.04 Å². The van der Waals surface area contributed by atoms with Crippen LogP contribution in [0, 0.1) is 20.8 Å². The summed E-state index contributed by atoms with van der Waals surface area (Å²) in [5.41, 5.74) is 6.57. The zero-order valence-electron chi connectivity index (χ0n) is 23.5. The van der Waals surface area contributed by atoms with Crippen molar-refractivity contribution in [2.75, 3.05) is 11.9 Å². The highest BCUT2D eigenvalue weighted by Gasteiger charge is 2.35. The van der Waals surface area contributed by atoms with Gasteiger partial charge in [-0.2, -0.15) is 0 Å². The third kappa shape index (κ3) is 5.92. The third-order valence-electron chi connectivity index (χ3n) is 7.79. The highest BCUT2D eigenvalue weighted by molar-refractivity contribution is 7.80. The van der Waals surface area contributed by atoms with Gasteiger partial charge >= 0.3 is 0 Å². The number of benzene rings is 4. The second-order valence-electron chi connectivity index (χ2n) is 10.7. The molecule has 1 unspecified atom stereocenters. The molecular weight excluding hydrogens is 516 g/mol. The summed E-state index contributed by atoms with van der Waals surface area (Å²) in [5.74, 6) is 2.02. The van der Waals surface area contributed by atoms with Crippen LogP contribution in [0.3, 0.4) is 0 Å². The maximum Gasteiger partial charge on any atom is 0.171 e. The van der Waals surface area contributed by atoms with Crippen LogP contribution in [0.2, 0.25) is 0 Å². The molecule has 1 aliphatic heterocycles. The Labute approximate surface area is 242 Å². The minimum absolute atomic E-state index is 0.0634. The second-order valence-corrected chi connectivity index (χ2v) is 11.2. The Kier molecular flexibility index (Phi) is 7.99. The summed E-state index contributed by atoms with van der Waals surface area (Å²) in [7, 11) is 0. The number of phenolic OH excluding ortho intramolecular Hbond substituents is 1. The van der Waals surface area contributed by atoms with Crippen molar-refractivity contribution in [1.29, 1.82) is 0 Å². The van der Waals surface area contributed by atoms with E-state index in [1.54, 1.807) is 0 Å². The number of hydrogen-bond donors (Lipinski definition) is 3. The van der Waals surface area contributed by atoms with Gasteiger partial charge in [-0.25, -0.2) is 0 Å². The molecule has 0 aliphatic carbocycles. The van der Waals surface area contributed by atoms with Crippen LogP contribution in [0.25, 0.3) is 0 Å². The SMILES string of the molecule is Cc1c(C)c2c(c(C)c1O)CCC(C)(COc1ccc(NC(=S)NC(c3ccccc3)c3ccccc3)cc1)O2. The van der Waals surface area contributed by atoms with E-state index in [2.05, 4.69) is 41.8 Å². The quantitative estimate of drug-likeness (QED) is 0.206. The molecule has 0 saturated heterocycles. The number of nitrogens with one attached hydrogen (secondary N) is 2. The molecule has 40 heavy (non-hydrogen) atoms. The lowest BCUT2D eigenvalue weighted by atomic mass is 9.87. The van der Waals surface area contributed by atoms with Crippen molar-refractivity contribution in [2.45, 2.75) is 52.2 Å². The van der Waals surface area contributed by atoms with Gasteiger partial charge in [0.05, 0.1) is 6.04 Å². The van der Waals surface area contributed by atoms with Crippen LogP contribution in [0.15, 0.2) is 84.9 Å². The largest absolute Gasteiger partial charge is 0.507 e. The molecular formula is C34H36N2O3S. The van der Waals surface area contributed by atoms with E-state index in [0.29, 0.717) is 17.5 Å². The normalized spacial score (nSPS) is 16.1. The minimum atomic E-state index is -0.458. The Morgan fingerprint density at radius 3 is 2.10 bits per heavy atom. The van der Waals surface area contributed by atoms with Gasteiger partial charge in [-0.1, -0.05) is 60.7 Å². The summed E-state index contributed by atoms with van der Waals surface area (Å²) in [4.78, 5) is 0. The van der Waals surface area contributed by atoms with Crippen LogP contribution in [-0.4, -0.2) is 22.4 Å². The monoisotopic (exact) mass is 552 g/mol. The van der Waals surface area contributed by atoms with Crippen LogP contribution >= 0.6 is 12.2 Å². The summed E-state index contributed by atoms with van der Waals surface area (Å²) < 4.78 is 12.7. The molecule has 4 aromatic carbocycles. The Morgan fingerprint density at radius 2 is 1.50 bits per heavy atom. The highest BCUT2D eigenvalue weighted by atomic mass is 32.1. The highest BCUT2D eigenvalue weighted by Crippen LogP contribution is 2.43. The minimum Gasteiger partial charge on any atom is -0.507 e. The molecule has 0 saturated carbocycles. The van der Waals surface area contributed by atoms with Crippen molar-refractivity contribution in [3.8, 4) is 17.2 Å². The predicted molar refractivity (Wildman–Crippen MR) is 166 cm³/mol. The maximum absolute atomic E-state index is 10.5. The molecule has 0 spiro atoms. The summed E-state index contributed by atoms with van der Waals surface area (Å²) in [6.07, 6.45) is 1.66. The number of anilines is 1. The van der Waals surface area contributed by atoms with Crippen molar-refractivity contribution in [3.05, 3.63) is 118 Å². The first kappa shape index (κ1) is 27.5. The number of aromatic hydroxyl groups is 1. The van der Waals surface area contributed by atoms with Gasteiger partial charge in [-0.15, -0.1) is 0 Å². The van der Waals surface area contributed by atoms with Crippen LogP contribution in [-0.2, 0) is 6.42 Å². The van der Waals surface area contributed by atoms with Gasteiger partial charge in [0.2, 0.25) is 0 Å².